The third-order valence-electron chi connectivity index (χ3n) is 1.08. The maximum atomic E-state index is 11.7. The zero-order chi connectivity index (χ0) is 10.5. The largest absolute Gasteiger partial charge is 0.515 e. The van der Waals surface area contributed by atoms with Crippen LogP contribution in [0.3, 0.4) is 0 Å². The molecule has 0 bridgehead atoms. The molecule has 0 heterocycles. The second-order valence-electron chi connectivity index (χ2n) is 2.17. The second kappa shape index (κ2) is 4.74. The van der Waals surface area contributed by atoms with Crippen LogP contribution in [0, 0.1) is 0 Å². The summed E-state index contributed by atoms with van der Waals surface area (Å²) in [6.07, 6.45) is -5.89. The van der Waals surface area contributed by atoms with Crippen LogP contribution < -0.4 is 0 Å². The molecule has 6 heteroatoms. The first-order chi connectivity index (χ1) is 5.90. The maximum Gasteiger partial charge on any atom is 0.393 e. The standard InChI is InChI=1S/C7H9F3O3/c1-2-13-6(12)5(4-11)3-7(8,9)10/h4,11H,2-3H2,1H3. The van der Waals surface area contributed by atoms with E-state index in [1.54, 1.807) is 0 Å². The van der Waals surface area contributed by atoms with Crippen LogP contribution in [0.1, 0.15) is 13.3 Å². The van der Waals surface area contributed by atoms with Crippen LogP contribution in [0.15, 0.2) is 11.8 Å². The molecule has 0 aliphatic carbocycles. The lowest BCUT2D eigenvalue weighted by molar-refractivity contribution is -0.147. The van der Waals surface area contributed by atoms with E-state index in [1.807, 2.05) is 0 Å². The van der Waals surface area contributed by atoms with Gasteiger partial charge in [-0.3, -0.25) is 0 Å². The molecule has 0 saturated carbocycles. The summed E-state index contributed by atoms with van der Waals surface area (Å²) in [5.41, 5.74) is -0.797. The van der Waals surface area contributed by atoms with Crippen LogP contribution in [-0.4, -0.2) is 23.9 Å². The van der Waals surface area contributed by atoms with Crippen LogP contribution in [0.25, 0.3) is 0 Å². The quantitative estimate of drug-likeness (QED) is 0.428. The van der Waals surface area contributed by atoms with Gasteiger partial charge in [0.1, 0.15) is 0 Å². The molecule has 76 valence electrons. The molecule has 0 fully saturated rings. The molecule has 0 aliphatic heterocycles. The van der Waals surface area contributed by atoms with E-state index in [4.69, 9.17) is 5.11 Å². The van der Waals surface area contributed by atoms with Crippen LogP contribution in [0.5, 0.6) is 0 Å². The Morgan fingerprint density at radius 1 is 1.54 bits per heavy atom. The molecule has 0 unspecified atom stereocenters. The Labute approximate surface area is 72.8 Å². The summed E-state index contributed by atoms with van der Waals surface area (Å²) in [5.74, 6) is -1.15. The monoisotopic (exact) mass is 198 g/mol. The molecule has 0 spiro atoms. The van der Waals surface area contributed by atoms with Crippen molar-refractivity contribution in [3.63, 3.8) is 0 Å². The molecule has 0 aromatic carbocycles. The van der Waals surface area contributed by atoms with Gasteiger partial charge in [0.25, 0.3) is 0 Å². The zero-order valence-corrected chi connectivity index (χ0v) is 6.89. The number of aliphatic hydroxyl groups is 1. The van der Waals surface area contributed by atoms with E-state index in [9.17, 15) is 18.0 Å². The van der Waals surface area contributed by atoms with E-state index < -0.39 is 24.1 Å². The third kappa shape index (κ3) is 5.10. The average Bonchev–Trinajstić information content (AvgIpc) is 1.99. The second-order valence-corrected chi connectivity index (χ2v) is 2.17. The molecule has 0 amide bonds. The summed E-state index contributed by atoms with van der Waals surface area (Å²) in [6.45, 7) is 1.43. The summed E-state index contributed by atoms with van der Waals surface area (Å²) in [6, 6.07) is 0. The average molecular weight is 198 g/mol. The predicted molar refractivity (Wildman–Crippen MR) is 38.0 cm³/mol. The summed E-state index contributed by atoms with van der Waals surface area (Å²) in [5, 5.41) is 8.32. The number of ether oxygens (including phenoxy) is 1. The van der Waals surface area contributed by atoms with Gasteiger partial charge in [0.2, 0.25) is 0 Å². The lowest BCUT2D eigenvalue weighted by Crippen LogP contribution is -2.16. The summed E-state index contributed by atoms with van der Waals surface area (Å²) in [7, 11) is 0. The molecule has 0 aliphatic rings. The highest BCUT2D eigenvalue weighted by Gasteiger charge is 2.32. The number of alkyl halides is 3. The Balaban J connectivity index is 4.29. The molecule has 13 heavy (non-hydrogen) atoms. The fourth-order valence-electron chi connectivity index (χ4n) is 0.610. The van der Waals surface area contributed by atoms with Gasteiger partial charge in [0.15, 0.2) is 0 Å². The molecule has 0 radical (unpaired) electrons. The van der Waals surface area contributed by atoms with E-state index in [-0.39, 0.29) is 12.9 Å². The number of carbonyl (C=O) groups excluding carboxylic acids is 1. The van der Waals surface area contributed by atoms with Gasteiger partial charge in [0.05, 0.1) is 24.9 Å². The number of carbonyl (C=O) groups is 1. The minimum absolute atomic E-state index is 0.0337. The minimum atomic E-state index is -4.53. The van der Waals surface area contributed by atoms with E-state index in [0.717, 1.165) is 0 Å². The van der Waals surface area contributed by atoms with Crippen LogP contribution >= 0.6 is 0 Å². The Morgan fingerprint density at radius 3 is 2.38 bits per heavy atom. The van der Waals surface area contributed by atoms with E-state index >= 15 is 0 Å². The van der Waals surface area contributed by atoms with Gasteiger partial charge in [0, 0.05) is 0 Å². The fourth-order valence-corrected chi connectivity index (χ4v) is 0.610. The molecular formula is C7H9F3O3. The van der Waals surface area contributed by atoms with Gasteiger partial charge in [-0.2, -0.15) is 13.2 Å². The van der Waals surface area contributed by atoms with Crippen molar-refractivity contribution in [3.05, 3.63) is 11.8 Å². The lowest BCUT2D eigenvalue weighted by atomic mass is 10.2. The van der Waals surface area contributed by atoms with Crippen molar-refractivity contribution in [2.75, 3.05) is 6.61 Å². The maximum absolute atomic E-state index is 11.7. The Morgan fingerprint density at radius 2 is 2.08 bits per heavy atom. The van der Waals surface area contributed by atoms with Crippen molar-refractivity contribution >= 4 is 5.97 Å². The number of aliphatic hydroxyl groups excluding tert-OH is 1. The molecule has 1 N–H and O–H groups in total. The van der Waals surface area contributed by atoms with Crippen molar-refractivity contribution in [3.8, 4) is 0 Å². The number of esters is 1. The summed E-state index contributed by atoms with van der Waals surface area (Å²) >= 11 is 0. The minimum Gasteiger partial charge on any atom is -0.515 e. The van der Waals surface area contributed by atoms with Gasteiger partial charge in [-0.1, -0.05) is 0 Å². The number of hydrogen-bond donors (Lipinski definition) is 1. The first-order valence-electron chi connectivity index (χ1n) is 3.47. The topological polar surface area (TPSA) is 46.5 Å². The first-order valence-corrected chi connectivity index (χ1v) is 3.47. The van der Waals surface area contributed by atoms with Gasteiger partial charge in [-0.15, -0.1) is 0 Å². The first kappa shape index (κ1) is 11.8. The molecular weight excluding hydrogens is 189 g/mol. The number of rotatable bonds is 3. The van der Waals surface area contributed by atoms with Crippen LogP contribution in [0.2, 0.25) is 0 Å². The van der Waals surface area contributed by atoms with Crippen molar-refractivity contribution < 1.29 is 27.8 Å². The van der Waals surface area contributed by atoms with Gasteiger partial charge < -0.3 is 9.84 Å². The SMILES string of the molecule is CCOC(=O)C(=CO)CC(F)(F)F. The van der Waals surface area contributed by atoms with Gasteiger partial charge >= 0.3 is 12.1 Å². The Kier molecular flexibility index (Phi) is 4.30. The van der Waals surface area contributed by atoms with Crippen molar-refractivity contribution in [1.82, 2.24) is 0 Å². The molecule has 0 aromatic rings. The fraction of sp³-hybridized carbons (Fsp3) is 0.571. The van der Waals surface area contributed by atoms with Crippen LogP contribution in [0.4, 0.5) is 13.2 Å². The van der Waals surface area contributed by atoms with E-state index in [0.29, 0.717) is 0 Å². The van der Waals surface area contributed by atoms with E-state index in [1.165, 1.54) is 6.92 Å². The highest BCUT2D eigenvalue weighted by molar-refractivity contribution is 5.88. The molecule has 0 aromatic heterocycles. The van der Waals surface area contributed by atoms with E-state index in [2.05, 4.69) is 4.74 Å². The smallest absolute Gasteiger partial charge is 0.393 e. The van der Waals surface area contributed by atoms with Gasteiger partial charge in [-0.25, -0.2) is 4.79 Å². The van der Waals surface area contributed by atoms with Crippen LogP contribution in [-0.2, 0) is 9.53 Å². The highest BCUT2D eigenvalue weighted by atomic mass is 19.4. The normalized spacial score (nSPS) is 12.8. The molecule has 0 atom stereocenters. The molecule has 3 nitrogen and oxygen atoms in total. The van der Waals surface area contributed by atoms with Crippen molar-refractivity contribution in [2.45, 2.75) is 19.5 Å². The summed E-state index contributed by atoms with van der Waals surface area (Å²) in [4.78, 5) is 10.7. The van der Waals surface area contributed by atoms with Crippen molar-refractivity contribution in [1.29, 1.82) is 0 Å². The number of hydrogen-bond acceptors (Lipinski definition) is 3. The molecule has 0 saturated heterocycles. The lowest BCUT2D eigenvalue weighted by Gasteiger charge is -2.07. The van der Waals surface area contributed by atoms with Crippen molar-refractivity contribution in [2.24, 2.45) is 0 Å². The molecule has 0 rings (SSSR count). The number of halogens is 3. The third-order valence-corrected chi connectivity index (χ3v) is 1.08. The highest BCUT2D eigenvalue weighted by Crippen LogP contribution is 2.24. The summed E-state index contributed by atoms with van der Waals surface area (Å²) < 4.78 is 39.5. The van der Waals surface area contributed by atoms with Gasteiger partial charge in [-0.05, 0) is 6.92 Å². The predicted octanol–water partition coefficient (Wildman–Crippen LogP) is 1.94. The Hall–Kier alpha value is -1.20. The zero-order valence-electron chi connectivity index (χ0n) is 6.89. The Bertz CT molecular complexity index is 208.